The van der Waals surface area contributed by atoms with E-state index in [-0.39, 0.29) is 23.9 Å². The van der Waals surface area contributed by atoms with Crippen molar-refractivity contribution < 1.29 is 36.8 Å². The summed E-state index contributed by atoms with van der Waals surface area (Å²) in [5.41, 5.74) is 1.22. The van der Waals surface area contributed by atoms with Gasteiger partial charge in [-0.1, -0.05) is 19.4 Å². The van der Waals surface area contributed by atoms with Crippen molar-refractivity contribution >= 4 is 16.9 Å². The molecule has 0 aliphatic heterocycles. The maximum absolute atomic E-state index is 12.0. The van der Waals surface area contributed by atoms with Crippen LogP contribution in [0.15, 0.2) is 22.6 Å². The van der Waals surface area contributed by atoms with Gasteiger partial charge >= 0.3 is 5.97 Å². The van der Waals surface area contributed by atoms with Crippen LogP contribution in [0, 0.1) is 0 Å². The van der Waals surface area contributed by atoms with Gasteiger partial charge in [0.1, 0.15) is 17.9 Å². The topological polar surface area (TPSA) is 76.3 Å². The number of aromatic hydroxyl groups is 1. The van der Waals surface area contributed by atoms with Gasteiger partial charge in [-0.3, -0.25) is 0 Å². The van der Waals surface area contributed by atoms with E-state index < -0.39 is 5.97 Å². The molecule has 0 bridgehead atoms. The number of phenolic OH excluding ortho intramolecular Hbond substituents is 1. The third-order valence-corrected chi connectivity index (χ3v) is 3.36. The average molecular weight is 328 g/mol. The fraction of sp³-hybridized carbons (Fsp3) is 0.438. The number of ether oxygens (including phenoxy) is 1. The number of esters is 1. The van der Waals surface area contributed by atoms with E-state index in [9.17, 15) is 9.90 Å². The van der Waals surface area contributed by atoms with Gasteiger partial charge in [0.25, 0.3) is 0 Å². The van der Waals surface area contributed by atoms with E-state index in [2.05, 4.69) is 12.2 Å². The quantitative estimate of drug-likeness (QED) is 0.515. The molecule has 0 saturated carbocycles. The number of phenols is 1. The normalized spacial score (nSPS) is 10.5. The van der Waals surface area contributed by atoms with Gasteiger partial charge in [0, 0.05) is 0 Å². The second-order valence-corrected chi connectivity index (χ2v) is 4.92. The van der Waals surface area contributed by atoms with Crippen LogP contribution in [0.4, 0.5) is 0 Å². The molecule has 0 atom stereocenters. The molecule has 122 valence electrons. The van der Waals surface area contributed by atoms with Crippen LogP contribution in [-0.4, -0.2) is 24.2 Å². The molecule has 0 unspecified atom stereocenters. The first-order chi connectivity index (χ1) is 10.2. The molecule has 6 heteroatoms. The summed E-state index contributed by atoms with van der Waals surface area (Å²) in [6.07, 6.45) is 2.23. The van der Waals surface area contributed by atoms with Crippen molar-refractivity contribution in [3.05, 3.63) is 29.5 Å². The van der Waals surface area contributed by atoms with Gasteiger partial charge in [-0.25, -0.2) is 4.79 Å². The molecule has 0 fully saturated rings. The number of unbranched alkanes of at least 4 members (excludes halogenated alkanes) is 1. The average Bonchev–Trinajstić information content (AvgIpc) is 2.84. The van der Waals surface area contributed by atoms with Crippen LogP contribution in [0.5, 0.6) is 5.75 Å². The number of hydrogen-bond donors (Lipinski definition) is 2. The lowest BCUT2D eigenvalue weighted by molar-refractivity contribution is -0.670. The number of quaternary nitrogens is 1. The first-order valence-electron chi connectivity index (χ1n) is 7.41. The zero-order chi connectivity index (χ0) is 15.2. The monoisotopic (exact) mass is 327 g/mol. The lowest BCUT2D eigenvalue weighted by Gasteiger charge is -2.03. The van der Waals surface area contributed by atoms with Crippen molar-refractivity contribution in [3.63, 3.8) is 0 Å². The molecule has 1 heterocycles. The highest BCUT2D eigenvalue weighted by Crippen LogP contribution is 2.32. The second kappa shape index (κ2) is 8.66. The number of rotatable bonds is 7. The summed E-state index contributed by atoms with van der Waals surface area (Å²) in [6, 6.07) is 5.04. The van der Waals surface area contributed by atoms with Crippen LogP contribution in [0.1, 0.15) is 42.8 Å². The number of benzene rings is 1. The molecule has 1 aromatic heterocycles. The maximum Gasteiger partial charge on any atom is 0.374 e. The summed E-state index contributed by atoms with van der Waals surface area (Å²) >= 11 is 0. The van der Waals surface area contributed by atoms with Crippen molar-refractivity contribution in [2.45, 2.75) is 33.2 Å². The number of nitrogens with two attached hydrogens (primary N) is 1. The van der Waals surface area contributed by atoms with Gasteiger partial charge in [-0.05, 0) is 25.5 Å². The van der Waals surface area contributed by atoms with E-state index in [4.69, 9.17) is 9.15 Å². The molecule has 0 aliphatic carbocycles. The molecule has 22 heavy (non-hydrogen) atoms. The molecular formula is C16H22ClNO4. The maximum atomic E-state index is 12.0. The second-order valence-electron chi connectivity index (χ2n) is 4.92. The van der Waals surface area contributed by atoms with E-state index in [1.54, 1.807) is 25.1 Å². The van der Waals surface area contributed by atoms with Crippen molar-refractivity contribution in [2.24, 2.45) is 0 Å². The highest BCUT2D eigenvalue weighted by Gasteiger charge is 2.24. The van der Waals surface area contributed by atoms with Gasteiger partial charge in [0.2, 0.25) is 5.76 Å². The number of furan rings is 1. The number of halogens is 1. The molecule has 2 rings (SSSR count). The van der Waals surface area contributed by atoms with E-state index in [1.165, 1.54) is 0 Å². The Labute approximate surface area is 136 Å². The molecule has 2 aromatic rings. The summed E-state index contributed by atoms with van der Waals surface area (Å²) in [6.45, 7) is 5.74. The predicted octanol–water partition coefficient (Wildman–Crippen LogP) is -0.817. The molecule has 1 aromatic carbocycles. The molecule has 0 radical (unpaired) electrons. The fourth-order valence-corrected chi connectivity index (χ4v) is 2.34. The van der Waals surface area contributed by atoms with Crippen LogP contribution >= 0.6 is 0 Å². The third kappa shape index (κ3) is 3.93. The summed E-state index contributed by atoms with van der Waals surface area (Å²) in [4.78, 5) is 12.0. The van der Waals surface area contributed by atoms with Gasteiger partial charge in [0.05, 0.1) is 24.1 Å². The molecule has 0 saturated heterocycles. The highest BCUT2D eigenvalue weighted by atomic mass is 35.5. The molecule has 3 N–H and O–H groups in total. The Balaban J connectivity index is 0.00000242. The van der Waals surface area contributed by atoms with Gasteiger partial charge < -0.3 is 32.0 Å². The lowest BCUT2D eigenvalue weighted by atomic mass is 10.1. The third-order valence-electron chi connectivity index (χ3n) is 3.36. The van der Waals surface area contributed by atoms with Crippen molar-refractivity contribution in [3.8, 4) is 5.75 Å². The molecule has 0 aliphatic rings. The van der Waals surface area contributed by atoms with E-state index in [1.807, 2.05) is 0 Å². The predicted molar refractivity (Wildman–Crippen MR) is 79.2 cm³/mol. The fourth-order valence-electron chi connectivity index (χ4n) is 2.34. The lowest BCUT2D eigenvalue weighted by Crippen LogP contribution is -3.00. The zero-order valence-electron chi connectivity index (χ0n) is 12.9. The highest BCUT2D eigenvalue weighted by molar-refractivity contribution is 5.98. The minimum atomic E-state index is -0.480. The summed E-state index contributed by atoms with van der Waals surface area (Å²) in [7, 11) is 0. The Morgan fingerprint density at radius 3 is 2.82 bits per heavy atom. The van der Waals surface area contributed by atoms with Crippen LogP contribution in [0.3, 0.4) is 0 Å². The molecule has 5 nitrogen and oxygen atoms in total. The van der Waals surface area contributed by atoms with Crippen LogP contribution in [-0.2, 0) is 11.3 Å². The Kier molecular flexibility index (Phi) is 7.21. The number of carbonyl (C=O) groups excluding carboxylic acids is 1. The van der Waals surface area contributed by atoms with Crippen molar-refractivity contribution in [1.29, 1.82) is 0 Å². The standard InChI is InChI=1S/C16H21NO4.ClH/c1-3-5-9-17-10-11-14-12(18)7-6-8-13(14)21-15(11)16(19)20-4-2;/h6-8,17-18H,3-5,9-10H2,1-2H3;1H. The largest absolute Gasteiger partial charge is 1.00 e. The van der Waals surface area contributed by atoms with E-state index in [0.29, 0.717) is 29.7 Å². The smallest absolute Gasteiger partial charge is 0.374 e. The van der Waals surface area contributed by atoms with E-state index in [0.717, 1.165) is 19.4 Å². The minimum absolute atomic E-state index is 0. The number of carbonyl (C=O) groups is 1. The Morgan fingerprint density at radius 1 is 1.36 bits per heavy atom. The minimum Gasteiger partial charge on any atom is -1.00 e. The molecule has 0 amide bonds. The first kappa shape index (κ1) is 18.3. The Hall–Kier alpha value is -1.72. The van der Waals surface area contributed by atoms with E-state index >= 15 is 0 Å². The first-order valence-corrected chi connectivity index (χ1v) is 7.41. The zero-order valence-corrected chi connectivity index (χ0v) is 13.7. The Bertz CT molecular complexity index is 624. The van der Waals surface area contributed by atoms with Crippen LogP contribution in [0.2, 0.25) is 0 Å². The molecular weight excluding hydrogens is 306 g/mol. The number of hydrogen-bond acceptors (Lipinski definition) is 4. The van der Waals surface area contributed by atoms with Crippen molar-refractivity contribution in [1.82, 2.24) is 0 Å². The van der Waals surface area contributed by atoms with Crippen LogP contribution in [0.25, 0.3) is 11.0 Å². The van der Waals surface area contributed by atoms with Crippen LogP contribution < -0.4 is 17.7 Å². The van der Waals surface area contributed by atoms with Gasteiger partial charge in [-0.15, -0.1) is 0 Å². The summed E-state index contributed by atoms with van der Waals surface area (Å²) in [5, 5.41) is 12.8. The number of fused-ring (bicyclic) bond motifs is 1. The summed E-state index contributed by atoms with van der Waals surface area (Å²) in [5.74, 6) is -0.154. The molecule has 0 spiro atoms. The summed E-state index contributed by atoms with van der Waals surface area (Å²) < 4.78 is 10.6. The van der Waals surface area contributed by atoms with Gasteiger partial charge in [0.15, 0.2) is 0 Å². The van der Waals surface area contributed by atoms with Crippen molar-refractivity contribution in [2.75, 3.05) is 13.2 Å². The Morgan fingerprint density at radius 2 is 2.14 bits per heavy atom. The van der Waals surface area contributed by atoms with Gasteiger partial charge in [-0.2, -0.15) is 0 Å². The SMILES string of the molecule is CCCC[NH2+]Cc1c(C(=O)OCC)oc2cccc(O)c12.[Cl-].